The molecule has 0 bridgehead atoms. The van der Waals surface area contributed by atoms with E-state index in [4.69, 9.17) is 4.74 Å². The van der Waals surface area contributed by atoms with Crippen molar-refractivity contribution in [3.05, 3.63) is 35.9 Å². The average Bonchev–Trinajstić information content (AvgIpc) is 2.52. The second-order valence-electron chi connectivity index (χ2n) is 5.66. The van der Waals surface area contributed by atoms with E-state index in [2.05, 4.69) is 29.3 Å². The lowest BCUT2D eigenvalue weighted by molar-refractivity contribution is 0.0181. The number of hydrogen-bond donors (Lipinski definition) is 2. The van der Waals surface area contributed by atoms with Gasteiger partial charge in [-0.1, -0.05) is 37.3 Å². The summed E-state index contributed by atoms with van der Waals surface area (Å²) in [7, 11) is 0. The molecular formula is C17H26N2O3. The Morgan fingerprint density at radius 1 is 1.41 bits per heavy atom. The van der Waals surface area contributed by atoms with Gasteiger partial charge in [-0.05, 0) is 25.3 Å². The normalized spacial score (nSPS) is 23.8. The van der Waals surface area contributed by atoms with Crippen LogP contribution in [0.2, 0.25) is 0 Å². The fourth-order valence-electron chi connectivity index (χ4n) is 3.11. The predicted molar refractivity (Wildman–Crippen MR) is 85.6 cm³/mol. The molecule has 0 aliphatic carbocycles. The molecule has 1 aliphatic rings. The van der Waals surface area contributed by atoms with Crippen LogP contribution in [0, 0.1) is 0 Å². The van der Waals surface area contributed by atoms with Gasteiger partial charge in [-0.25, -0.2) is 4.79 Å². The molecule has 122 valence electrons. The molecule has 1 heterocycles. The monoisotopic (exact) mass is 306 g/mol. The molecule has 3 atom stereocenters. The number of β-amino-alcohol motifs (C(OH)–C–C–N with tert-alkyl or cyclic N) is 1. The van der Waals surface area contributed by atoms with Crippen molar-refractivity contribution < 1.29 is 14.6 Å². The van der Waals surface area contributed by atoms with E-state index in [1.165, 1.54) is 5.56 Å². The zero-order chi connectivity index (χ0) is 15.9. The van der Waals surface area contributed by atoms with Crippen LogP contribution in [-0.4, -0.2) is 47.9 Å². The maximum atomic E-state index is 11.5. The Morgan fingerprint density at radius 2 is 2.14 bits per heavy atom. The lowest BCUT2D eigenvalue weighted by Crippen LogP contribution is -2.54. The van der Waals surface area contributed by atoms with Gasteiger partial charge >= 0.3 is 6.09 Å². The number of likely N-dealkylation sites (tertiary alicyclic amines) is 1. The molecular weight excluding hydrogens is 280 g/mol. The molecule has 0 aromatic heterocycles. The quantitative estimate of drug-likeness (QED) is 0.876. The SMILES string of the molecule is CCOC(=O)NC1CCN(C(CC)c2ccccc2)CC1O. The Labute approximate surface area is 132 Å². The number of nitrogens with zero attached hydrogens (tertiary/aromatic N) is 1. The van der Waals surface area contributed by atoms with Crippen LogP contribution in [0.25, 0.3) is 0 Å². The predicted octanol–water partition coefficient (Wildman–Crippen LogP) is 2.32. The smallest absolute Gasteiger partial charge is 0.407 e. The van der Waals surface area contributed by atoms with Crippen LogP contribution in [0.15, 0.2) is 30.3 Å². The third kappa shape index (κ3) is 4.21. The lowest BCUT2D eigenvalue weighted by atomic mass is 9.96. The highest BCUT2D eigenvalue weighted by molar-refractivity contribution is 5.67. The van der Waals surface area contributed by atoms with Crippen molar-refractivity contribution >= 4 is 6.09 Å². The second kappa shape index (κ2) is 8.15. The molecule has 22 heavy (non-hydrogen) atoms. The number of ether oxygens (including phenoxy) is 1. The van der Waals surface area contributed by atoms with Crippen molar-refractivity contribution in [3.63, 3.8) is 0 Å². The van der Waals surface area contributed by atoms with Gasteiger partial charge < -0.3 is 15.2 Å². The van der Waals surface area contributed by atoms with Crippen LogP contribution in [0.1, 0.15) is 38.3 Å². The number of amides is 1. The van der Waals surface area contributed by atoms with Crippen LogP contribution < -0.4 is 5.32 Å². The van der Waals surface area contributed by atoms with E-state index < -0.39 is 12.2 Å². The van der Waals surface area contributed by atoms with E-state index in [1.807, 2.05) is 18.2 Å². The van der Waals surface area contributed by atoms with Crippen molar-refractivity contribution in [1.82, 2.24) is 10.2 Å². The molecule has 1 aromatic rings. The molecule has 1 aromatic carbocycles. The van der Waals surface area contributed by atoms with Crippen molar-refractivity contribution in [2.45, 2.75) is 44.9 Å². The summed E-state index contributed by atoms with van der Waals surface area (Å²) in [5.74, 6) is 0. The van der Waals surface area contributed by atoms with Crippen molar-refractivity contribution in [3.8, 4) is 0 Å². The molecule has 2 N–H and O–H groups in total. The van der Waals surface area contributed by atoms with E-state index >= 15 is 0 Å². The largest absolute Gasteiger partial charge is 0.450 e. The average molecular weight is 306 g/mol. The summed E-state index contributed by atoms with van der Waals surface area (Å²) in [5, 5.41) is 13.1. The van der Waals surface area contributed by atoms with Crippen molar-refractivity contribution in [1.29, 1.82) is 0 Å². The molecule has 1 amide bonds. The summed E-state index contributed by atoms with van der Waals surface area (Å²) in [6, 6.07) is 10.4. The first-order chi connectivity index (χ1) is 10.7. The minimum absolute atomic E-state index is 0.233. The third-order valence-electron chi connectivity index (χ3n) is 4.20. The van der Waals surface area contributed by atoms with Gasteiger partial charge in [0.05, 0.1) is 18.8 Å². The Hall–Kier alpha value is -1.59. The van der Waals surface area contributed by atoms with Crippen molar-refractivity contribution in [2.75, 3.05) is 19.7 Å². The molecule has 3 unspecified atom stereocenters. The van der Waals surface area contributed by atoms with E-state index in [1.54, 1.807) is 6.92 Å². The summed E-state index contributed by atoms with van der Waals surface area (Å²) in [4.78, 5) is 13.8. The highest BCUT2D eigenvalue weighted by atomic mass is 16.5. The maximum Gasteiger partial charge on any atom is 0.407 e. The Kier molecular flexibility index (Phi) is 6.21. The van der Waals surface area contributed by atoms with E-state index in [0.29, 0.717) is 19.2 Å². The molecule has 0 spiro atoms. The number of nitrogens with one attached hydrogen (secondary N) is 1. The van der Waals surface area contributed by atoms with Gasteiger partial charge in [0.15, 0.2) is 0 Å². The first kappa shape index (κ1) is 16.8. The zero-order valence-electron chi connectivity index (χ0n) is 13.4. The Morgan fingerprint density at radius 3 is 2.73 bits per heavy atom. The number of benzene rings is 1. The van der Waals surface area contributed by atoms with Gasteiger partial charge in [-0.3, -0.25) is 4.90 Å². The van der Waals surface area contributed by atoms with Crippen LogP contribution in [0.3, 0.4) is 0 Å². The number of rotatable bonds is 5. The zero-order valence-corrected chi connectivity index (χ0v) is 13.4. The van der Waals surface area contributed by atoms with E-state index in [-0.39, 0.29) is 6.04 Å². The van der Waals surface area contributed by atoms with E-state index in [9.17, 15) is 9.90 Å². The van der Waals surface area contributed by atoms with Crippen LogP contribution in [0.5, 0.6) is 0 Å². The van der Waals surface area contributed by atoms with Crippen molar-refractivity contribution in [2.24, 2.45) is 0 Å². The second-order valence-corrected chi connectivity index (χ2v) is 5.66. The first-order valence-corrected chi connectivity index (χ1v) is 8.06. The number of piperidine rings is 1. The third-order valence-corrected chi connectivity index (χ3v) is 4.20. The lowest BCUT2D eigenvalue weighted by Gasteiger charge is -2.40. The number of carbonyl (C=O) groups excluding carboxylic acids is 1. The van der Waals surface area contributed by atoms with Gasteiger partial charge in [0.25, 0.3) is 0 Å². The molecule has 1 fully saturated rings. The van der Waals surface area contributed by atoms with E-state index in [0.717, 1.165) is 19.4 Å². The summed E-state index contributed by atoms with van der Waals surface area (Å²) >= 11 is 0. The molecule has 2 rings (SSSR count). The van der Waals surface area contributed by atoms with Crippen LogP contribution >= 0.6 is 0 Å². The van der Waals surface area contributed by atoms with Gasteiger partial charge in [0, 0.05) is 19.1 Å². The molecule has 5 heteroatoms. The van der Waals surface area contributed by atoms with Crippen LogP contribution in [0.4, 0.5) is 4.79 Å². The number of hydrogen-bond acceptors (Lipinski definition) is 4. The standard InChI is InChI=1S/C17H26N2O3/c1-3-15(13-8-6-5-7-9-13)19-11-10-14(16(20)12-19)18-17(21)22-4-2/h5-9,14-16,20H,3-4,10-12H2,1-2H3,(H,18,21). The number of carbonyl (C=O) groups is 1. The van der Waals surface area contributed by atoms with Gasteiger partial charge in [0.2, 0.25) is 0 Å². The molecule has 5 nitrogen and oxygen atoms in total. The molecule has 0 saturated carbocycles. The maximum absolute atomic E-state index is 11.5. The number of aliphatic hydroxyl groups excluding tert-OH is 1. The molecule has 0 radical (unpaired) electrons. The highest BCUT2D eigenvalue weighted by Crippen LogP contribution is 2.27. The van der Waals surface area contributed by atoms with Gasteiger partial charge in [-0.2, -0.15) is 0 Å². The molecule has 1 aliphatic heterocycles. The van der Waals surface area contributed by atoms with Gasteiger partial charge in [-0.15, -0.1) is 0 Å². The topological polar surface area (TPSA) is 61.8 Å². The highest BCUT2D eigenvalue weighted by Gasteiger charge is 2.32. The number of aliphatic hydroxyl groups is 1. The Balaban J connectivity index is 1.95. The van der Waals surface area contributed by atoms with Crippen LogP contribution in [-0.2, 0) is 4.74 Å². The molecule has 1 saturated heterocycles. The first-order valence-electron chi connectivity index (χ1n) is 8.06. The van der Waals surface area contributed by atoms with Gasteiger partial charge in [0.1, 0.15) is 0 Å². The summed E-state index contributed by atoms with van der Waals surface area (Å²) in [5.41, 5.74) is 1.27. The Bertz CT molecular complexity index is 466. The summed E-state index contributed by atoms with van der Waals surface area (Å²) in [6.07, 6.45) is 0.696. The summed E-state index contributed by atoms with van der Waals surface area (Å²) in [6.45, 7) is 5.68. The minimum Gasteiger partial charge on any atom is -0.450 e. The minimum atomic E-state index is -0.573. The summed E-state index contributed by atoms with van der Waals surface area (Å²) < 4.78 is 4.88. The number of alkyl carbamates (subject to hydrolysis) is 1. The fraction of sp³-hybridized carbons (Fsp3) is 0.588. The fourth-order valence-corrected chi connectivity index (χ4v) is 3.11.